The molecule has 1 aromatic carbocycles. The number of aromatic hydroxyl groups is 1. The van der Waals surface area contributed by atoms with Gasteiger partial charge in [-0.15, -0.1) is 24.8 Å². The molecule has 0 aromatic heterocycles. The Hall–Kier alpha value is -0.550. The van der Waals surface area contributed by atoms with Crippen LogP contribution in [0.2, 0.25) is 0 Å². The van der Waals surface area contributed by atoms with Gasteiger partial charge in [-0.25, -0.2) is 4.39 Å². The number of hydrogen-bond donors (Lipinski definition) is 2. The van der Waals surface area contributed by atoms with Gasteiger partial charge in [0.25, 0.3) is 0 Å². The van der Waals surface area contributed by atoms with Crippen molar-refractivity contribution in [1.82, 2.24) is 10.2 Å². The van der Waals surface area contributed by atoms with Crippen molar-refractivity contribution in [3.8, 4) is 5.75 Å². The molecule has 0 radical (unpaired) electrons. The van der Waals surface area contributed by atoms with Gasteiger partial charge in [-0.2, -0.15) is 0 Å². The summed E-state index contributed by atoms with van der Waals surface area (Å²) in [5.74, 6) is 0.318. The van der Waals surface area contributed by atoms with Gasteiger partial charge in [0.15, 0.2) is 0 Å². The highest BCUT2D eigenvalue weighted by Gasteiger charge is 2.38. The topological polar surface area (TPSA) is 35.5 Å². The number of hydrogen-bond acceptors (Lipinski definition) is 3. The molecule has 6 heteroatoms. The van der Waals surface area contributed by atoms with Crippen LogP contribution in [0.3, 0.4) is 0 Å². The lowest BCUT2D eigenvalue weighted by Gasteiger charge is -2.35. The molecule has 1 aliphatic heterocycles. The van der Waals surface area contributed by atoms with Crippen LogP contribution in [0, 0.1) is 11.7 Å². The number of rotatable bonds is 3. The third kappa shape index (κ3) is 3.76. The molecular weight excluding hydrogens is 302 g/mol. The van der Waals surface area contributed by atoms with Crippen molar-refractivity contribution in [1.29, 1.82) is 0 Å². The summed E-state index contributed by atoms with van der Waals surface area (Å²) in [7, 11) is 0. The Morgan fingerprint density at radius 2 is 1.85 bits per heavy atom. The average Bonchev–Trinajstić information content (AvgIpc) is 3.18. The second-order valence-electron chi connectivity index (χ2n) is 5.27. The predicted molar refractivity (Wildman–Crippen MR) is 82.5 cm³/mol. The number of nitrogens with zero attached hydrogens (tertiary/aromatic N) is 1. The van der Waals surface area contributed by atoms with Crippen LogP contribution in [0.25, 0.3) is 0 Å². The minimum absolute atomic E-state index is 0. The van der Waals surface area contributed by atoms with Gasteiger partial charge in [0.05, 0.1) is 0 Å². The van der Waals surface area contributed by atoms with E-state index in [9.17, 15) is 9.50 Å². The first kappa shape index (κ1) is 17.5. The van der Waals surface area contributed by atoms with Crippen LogP contribution in [0.4, 0.5) is 4.39 Å². The van der Waals surface area contributed by atoms with Gasteiger partial charge in [0, 0.05) is 43.9 Å². The highest BCUT2D eigenvalue weighted by Crippen LogP contribution is 2.45. The Labute approximate surface area is 131 Å². The fourth-order valence-corrected chi connectivity index (χ4v) is 2.88. The third-order valence-corrected chi connectivity index (χ3v) is 3.92. The number of nitrogens with one attached hydrogen (secondary N) is 1. The zero-order valence-electron chi connectivity index (χ0n) is 11.2. The van der Waals surface area contributed by atoms with Crippen LogP contribution >= 0.6 is 24.8 Å². The van der Waals surface area contributed by atoms with Crippen LogP contribution in [0.15, 0.2) is 18.2 Å². The van der Waals surface area contributed by atoms with Crippen LogP contribution in [0.1, 0.15) is 24.4 Å². The van der Waals surface area contributed by atoms with Crippen molar-refractivity contribution in [3.63, 3.8) is 0 Å². The summed E-state index contributed by atoms with van der Waals surface area (Å²) in [4.78, 5) is 2.38. The van der Waals surface area contributed by atoms with Gasteiger partial charge in [0.2, 0.25) is 0 Å². The van der Waals surface area contributed by atoms with E-state index in [0.29, 0.717) is 5.92 Å². The number of halogens is 3. The molecule has 0 amide bonds. The molecule has 1 heterocycles. The summed E-state index contributed by atoms with van der Waals surface area (Å²) in [6.07, 6.45) is 2.38. The quantitative estimate of drug-likeness (QED) is 0.898. The Morgan fingerprint density at radius 3 is 2.40 bits per heavy atom. The van der Waals surface area contributed by atoms with Gasteiger partial charge >= 0.3 is 0 Å². The van der Waals surface area contributed by atoms with E-state index >= 15 is 0 Å². The first-order valence-corrected chi connectivity index (χ1v) is 6.69. The Bertz CT molecular complexity index is 437. The van der Waals surface area contributed by atoms with E-state index in [1.165, 1.54) is 18.9 Å². The van der Waals surface area contributed by atoms with Crippen LogP contribution in [0.5, 0.6) is 5.75 Å². The highest BCUT2D eigenvalue weighted by molar-refractivity contribution is 5.85. The van der Waals surface area contributed by atoms with Crippen molar-refractivity contribution in [2.75, 3.05) is 26.2 Å². The molecule has 3 rings (SSSR count). The fraction of sp³-hybridized carbons (Fsp3) is 0.571. The number of piperazine rings is 1. The van der Waals surface area contributed by atoms with E-state index < -0.39 is 0 Å². The van der Waals surface area contributed by atoms with E-state index in [1.807, 2.05) is 0 Å². The Kier molecular flexibility index (Phi) is 6.52. The van der Waals surface area contributed by atoms with Gasteiger partial charge in [-0.05, 0) is 24.8 Å². The second-order valence-corrected chi connectivity index (χ2v) is 5.27. The largest absolute Gasteiger partial charge is 0.508 e. The second kappa shape index (κ2) is 7.46. The highest BCUT2D eigenvalue weighted by atomic mass is 35.5. The molecule has 0 unspecified atom stereocenters. The van der Waals surface area contributed by atoms with E-state index in [0.717, 1.165) is 31.7 Å². The molecular formula is C14H21Cl2FN2O. The molecule has 2 fully saturated rings. The molecule has 2 N–H and O–H groups in total. The molecule has 114 valence electrons. The maximum atomic E-state index is 14.0. The first-order valence-electron chi connectivity index (χ1n) is 6.69. The SMILES string of the molecule is Cl.Cl.Oc1ccc([C@@H](C2CC2)N2CCNCC2)c(F)c1. The molecule has 1 aromatic rings. The number of phenols is 1. The van der Waals surface area contributed by atoms with Crippen molar-refractivity contribution >= 4 is 24.8 Å². The third-order valence-electron chi connectivity index (χ3n) is 3.92. The van der Waals surface area contributed by atoms with Crippen molar-refractivity contribution in [2.45, 2.75) is 18.9 Å². The van der Waals surface area contributed by atoms with E-state index in [-0.39, 0.29) is 42.4 Å². The Balaban J connectivity index is 0.000001000. The van der Waals surface area contributed by atoms with Crippen LogP contribution in [-0.2, 0) is 0 Å². The molecule has 2 aliphatic rings. The normalized spacial score (nSPS) is 20.6. The summed E-state index contributed by atoms with van der Waals surface area (Å²) >= 11 is 0. The summed E-state index contributed by atoms with van der Waals surface area (Å²) in [6, 6.07) is 4.76. The molecule has 0 bridgehead atoms. The molecule has 1 saturated carbocycles. The first-order chi connectivity index (χ1) is 8.75. The Morgan fingerprint density at radius 1 is 1.20 bits per heavy atom. The maximum Gasteiger partial charge on any atom is 0.131 e. The molecule has 0 spiro atoms. The van der Waals surface area contributed by atoms with Gasteiger partial charge in [-0.1, -0.05) is 6.07 Å². The monoisotopic (exact) mass is 322 g/mol. The molecule has 20 heavy (non-hydrogen) atoms. The van der Waals surface area contributed by atoms with E-state index in [4.69, 9.17) is 0 Å². The summed E-state index contributed by atoms with van der Waals surface area (Å²) in [6.45, 7) is 3.90. The minimum atomic E-state index is -0.273. The minimum Gasteiger partial charge on any atom is -0.508 e. The smallest absolute Gasteiger partial charge is 0.131 e. The fourth-order valence-electron chi connectivity index (χ4n) is 2.88. The summed E-state index contributed by atoms with van der Waals surface area (Å²) in [5, 5.41) is 12.6. The van der Waals surface area contributed by atoms with Crippen molar-refractivity contribution in [3.05, 3.63) is 29.6 Å². The lowest BCUT2D eigenvalue weighted by molar-refractivity contribution is 0.153. The molecule has 3 nitrogen and oxygen atoms in total. The molecule has 1 atom stereocenters. The van der Waals surface area contributed by atoms with Crippen LogP contribution < -0.4 is 5.32 Å². The van der Waals surface area contributed by atoms with Gasteiger partial charge < -0.3 is 10.4 Å². The number of phenolic OH excluding ortho intramolecular Hbond substituents is 1. The van der Waals surface area contributed by atoms with Crippen molar-refractivity contribution < 1.29 is 9.50 Å². The average molecular weight is 323 g/mol. The van der Waals surface area contributed by atoms with Crippen molar-refractivity contribution in [2.24, 2.45) is 5.92 Å². The van der Waals surface area contributed by atoms with Gasteiger partial charge in [0.1, 0.15) is 11.6 Å². The zero-order chi connectivity index (χ0) is 12.5. The maximum absolute atomic E-state index is 14.0. The van der Waals surface area contributed by atoms with Crippen LogP contribution in [-0.4, -0.2) is 36.2 Å². The van der Waals surface area contributed by atoms with Gasteiger partial charge in [-0.3, -0.25) is 4.90 Å². The molecule has 1 aliphatic carbocycles. The lowest BCUT2D eigenvalue weighted by Crippen LogP contribution is -2.45. The summed E-state index contributed by atoms with van der Waals surface area (Å²) < 4.78 is 14.0. The van der Waals surface area contributed by atoms with E-state index in [1.54, 1.807) is 12.1 Å². The predicted octanol–water partition coefficient (Wildman–Crippen LogP) is 2.73. The standard InChI is InChI=1S/C14H19FN2O.2ClH/c15-13-9-11(18)3-4-12(13)14(10-1-2-10)17-7-5-16-6-8-17;;/h3-4,9-10,14,16,18H,1-2,5-8H2;2*1H/t14-;;/m1../s1. The number of benzene rings is 1. The summed E-state index contributed by atoms with van der Waals surface area (Å²) in [5.41, 5.74) is 0.747. The molecule has 1 saturated heterocycles. The van der Waals surface area contributed by atoms with E-state index in [2.05, 4.69) is 10.2 Å². The zero-order valence-corrected chi connectivity index (χ0v) is 12.9. The lowest BCUT2D eigenvalue weighted by atomic mass is 9.99.